The molecule has 0 saturated heterocycles. The summed E-state index contributed by atoms with van der Waals surface area (Å²) in [4.78, 5) is 10.2. The molecule has 0 heterocycles. The molecule has 5 heteroatoms. The first-order valence-corrected chi connectivity index (χ1v) is 3.76. The smallest absolute Gasteiger partial charge is 0.133 e. The van der Waals surface area contributed by atoms with E-state index < -0.39 is 29.6 Å². The summed E-state index contributed by atoms with van der Waals surface area (Å²) in [6.45, 7) is 0. The summed E-state index contributed by atoms with van der Waals surface area (Å²) in [6, 6.07) is 1.84. The molecule has 14 heavy (non-hydrogen) atoms. The maximum atomic E-state index is 13.0. The number of rotatable bonds is 3. The Labute approximate surface area is 78.9 Å². The third-order valence-corrected chi connectivity index (χ3v) is 1.67. The first-order valence-electron chi connectivity index (χ1n) is 3.76. The second-order valence-electron chi connectivity index (χ2n) is 2.62. The van der Waals surface area contributed by atoms with Gasteiger partial charge >= 0.3 is 0 Å². The molecule has 0 atom stereocenters. The summed E-state index contributed by atoms with van der Waals surface area (Å²) in [5, 5.41) is 10.2. The number of methoxy groups -OCH3 is 1. The minimum Gasteiger partial charge on any atom is -0.550 e. The highest BCUT2D eigenvalue weighted by Gasteiger charge is 2.11. The maximum absolute atomic E-state index is 13.0. The van der Waals surface area contributed by atoms with Gasteiger partial charge in [-0.2, -0.15) is 0 Å². The number of halogens is 2. The van der Waals surface area contributed by atoms with E-state index in [2.05, 4.69) is 4.74 Å². The maximum Gasteiger partial charge on any atom is 0.133 e. The molecule has 0 amide bonds. The van der Waals surface area contributed by atoms with Gasteiger partial charge in [-0.15, -0.1) is 0 Å². The van der Waals surface area contributed by atoms with Gasteiger partial charge in [-0.1, -0.05) is 0 Å². The fourth-order valence-electron chi connectivity index (χ4n) is 1.01. The van der Waals surface area contributed by atoms with Crippen LogP contribution in [0.4, 0.5) is 8.78 Å². The van der Waals surface area contributed by atoms with Gasteiger partial charge in [-0.3, -0.25) is 0 Å². The van der Waals surface area contributed by atoms with Gasteiger partial charge in [-0.25, -0.2) is 8.78 Å². The molecule has 76 valence electrons. The van der Waals surface area contributed by atoms with Crippen LogP contribution in [0, 0.1) is 11.6 Å². The summed E-state index contributed by atoms with van der Waals surface area (Å²) in [6.07, 6.45) is -0.790. The molecule has 1 rings (SSSR count). The van der Waals surface area contributed by atoms with Crippen molar-refractivity contribution in [1.82, 2.24) is 0 Å². The Morgan fingerprint density at radius 2 is 1.93 bits per heavy atom. The summed E-state index contributed by atoms with van der Waals surface area (Å²) in [7, 11) is 1.26. The van der Waals surface area contributed by atoms with Crippen molar-refractivity contribution in [3.63, 3.8) is 0 Å². The number of ether oxygens (including phenoxy) is 1. The molecule has 1 aromatic carbocycles. The second kappa shape index (κ2) is 4.04. The van der Waals surface area contributed by atoms with Crippen molar-refractivity contribution in [3.05, 3.63) is 29.3 Å². The van der Waals surface area contributed by atoms with Crippen LogP contribution in [0.15, 0.2) is 12.1 Å². The molecule has 0 aromatic heterocycles. The van der Waals surface area contributed by atoms with Crippen LogP contribution in [-0.4, -0.2) is 13.1 Å². The second-order valence-corrected chi connectivity index (χ2v) is 2.62. The Hall–Kier alpha value is -1.65. The van der Waals surface area contributed by atoms with Crippen molar-refractivity contribution >= 4 is 5.97 Å². The lowest BCUT2D eigenvalue weighted by atomic mass is 10.1. The molecule has 0 fully saturated rings. The van der Waals surface area contributed by atoms with Crippen molar-refractivity contribution in [2.24, 2.45) is 0 Å². The van der Waals surface area contributed by atoms with Crippen LogP contribution in [0.25, 0.3) is 0 Å². The number of carbonyl (C=O) groups is 1. The zero-order valence-electron chi connectivity index (χ0n) is 7.34. The van der Waals surface area contributed by atoms with Gasteiger partial charge in [0.15, 0.2) is 0 Å². The highest BCUT2D eigenvalue weighted by Crippen LogP contribution is 2.20. The Bertz CT molecular complexity index is 340. The van der Waals surface area contributed by atoms with Crippen molar-refractivity contribution in [1.29, 1.82) is 0 Å². The van der Waals surface area contributed by atoms with Crippen LogP contribution >= 0.6 is 0 Å². The lowest BCUT2D eigenvalue weighted by Crippen LogP contribution is -2.25. The van der Waals surface area contributed by atoms with Crippen LogP contribution in [0.5, 0.6) is 5.75 Å². The Morgan fingerprint density at radius 1 is 1.43 bits per heavy atom. The van der Waals surface area contributed by atoms with Gasteiger partial charge < -0.3 is 14.6 Å². The number of aliphatic carboxylic acids is 1. The molecule has 0 N–H and O–H groups in total. The minimum absolute atomic E-state index is 0.00194. The minimum atomic E-state index is -1.53. The Balaban J connectivity index is 3.11. The predicted octanol–water partition coefficient (Wildman–Crippen LogP) is 0.266. The molecule has 3 nitrogen and oxygen atoms in total. The van der Waals surface area contributed by atoms with E-state index in [0.29, 0.717) is 0 Å². The van der Waals surface area contributed by atoms with Crippen molar-refractivity contribution in [2.75, 3.05) is 7.11 Å². The number of hydrogen-bond donors (Lipinski definition) is 0. The summed E-state index contributed by atoms with van der Waals surface area (Å²) < 4.78 is 30.7. The van der Waals surface area contributed by atoms with E-state index in [1.807, 2.05) is 0 Å². The fraction of sp³-hybridized carbons (Fsp3) is 0.222. The zero-order chi connectivity index (χ0) is 10.7. The molecule has 1 aromatic rings. The van der Waals surface area contributed by atoms with Gasteiger partial charge in [0.2, 0.25) is 0 Å². The standard InChI is InChI=1S/C9H8F2O3/c1-14-5-2-7(10)6(4-9(12)13)8(11)3-5/h2-3H,4H2,1H3,(H,12,13)/p-1. The number of carboxylic acids is 1. The van der Waals surface area contributed by atoms with Crippen molar-refractivity contribution in [2.45, 2.75) is 6.42 Å². The Kier molecular flexibility index (Phi) is 3.01. The van der Waals surface area contributed by atoms with E-state index in [-0.39, 0.29) is 5.75 Å². The number of carboxylic acid groups (broad SMARTS) is 1. The van der Waals surface area contributed by atoms with Gasteiger partial charge in [0.1, 0.15) is 17.4 Å². The zero-order valence-corrected chi connectivity index (χ0v) is 7.34. The van der Waals surface area contributed by atoms with Gasteiger partial charge in [0.05, 0.1) is 7.11 Å². The highest BCUT2D eigenvalue weighted by molar-refractivity contribution is 5.68. The molecular formula is C9H7F2O3-. The molecule has 0 bridgehead atoms. The fourth-order valence-corrected chi connectivity index (χ4v) is 1.01. The van der Waals surface area contributed by atoms with Crippen LogP contribution < -0.4 is 9.84 Å². The van der Waals surface area contributed by atoms with E-state index in [1.165, 1.54) is 7.11 Å². The molecule has 0 spiro atoms. The number of hydrogen-bond acceptors (Lipinski definition) is 3. The lowest BCUT2D eigenvalue weighted by Gasteiger charge is -2.07. The first-order chi connectivity index (χ1) is 6.54. The number of carbonyl (C=O) groups excluding carboxylic acids is 1. The molecule has 0 aliphatic heterocycles. The molecule has 0 aliphatic rings. The van der Waals surface area contributed by atoms with E-state index in [4.69, 9.17) is 0 Å². The van der Waals surface area contributed by atoms with Gasteiger partial charge in [-0.05, 0) is 0 Å². The van der Waals surface area contributed by atoms with Crippen LogP contribution in [0.3, 0.4) is 0 Å². The van der Waals surface area contributed by atoms with E-state index >= 15 is 0 Å². The SMILES string of the molecule is COc1cc(F)c(CC(=O)[O-])c(F)c1. The molecule has 0 radical (unpaired) electrons. The third-order valence-electron chi connectivity index (χ3n) is 1.67. The van der Waals surface area contributed by atoms with Crippen LogP contribution in [0.1, 0.15) is 5.56 Å². The lowest BCUT2D eigenvalue weighted by molar-refractivity contribution is -0.304. The topological polar surface area (TPSA) is 49.4 Å². The molecule has 0 unspecified atom stereocenters. The van der Waals surface area contributed by atoms with Crippen molar-refractivity contribution in [3.8, 4) is 5.75 Å². The first kappa shape index (κ1) is 10.4. The van der Waals surface area contributed by atoms with Gasteiger partial charge in [0.25, 0.3) is 0 Å². The monoisotopic (exact) mass is 201 g/mol. The largest absolute Gasteiger partial charge is 0.550 e. The summed E-state index contributed by atoms with van der Waals surface area (Å²) >= 11 is 0. The highest BCUT2D eigenvalue weighted by atomic mass is 19.1. The number of benzene rings is 1. The van der Waals surface area contributed by atoms with Crippen LogP contribution in [-0.2, 0) is 11.2 Å². The van der Waals surface area contributed by atoms with E-state index in [1.54, 1.807) is 0 Å². The van der Waals surface area contributed by atoms with E-state index in [9.17, 15) is 18.7 Å². The summed E-state index contributed by atoms with van der Waals surface area (Å²) in [5.74, 6) is -3.44. The van der Waals surface area contributed by atoms with Gasteiger partial charge in [0, 0.05) is 30.1 Å². The van der Waals surface area contributed by atoms with Crippen molar-refractivity contribution < 1.29 is 23.4 Å². The average Bonchev–Trinajstić information content (AvgIpc) is 2.10. The normalized spacial score (nSPS) is 9.93. The molecular weight excluding hydrogens is 194 g/mol. The third kappa shape index (κ3) is 2.18. The molecule has 0 saturated carbocycles. The van der Waals surface area contributed by atoms with Crippen LogP contribution in [0.2, 0.25) is 0 Å². The summed E-state index contributed by atoms with van der Waals surface area (Å²) in [5.41, 5.74) is -0.522. The Morgan fingerprint density at radius 3 is 2.29 bits per heavy atom. The average molecular weight is 201 g/mol. The quantitative estimate of drug-likeness (QED) is 0.705. The molecule has 0 aliphatic carbocycles. The predicted molar refractivity (Wildman–Crippen MR) is 41.6 cm³/mol. The van der Waals surface area contributed by atoms with E-state index in [0.717, 1.165) is 12.1 Å².